The molecule has 4 atom stereocenters. The largest absolute Gasteiger partial charge is 0.490 e. The molecule has 3 aromatic rings. The summed E-state index contributed by atoms with van der Waals surface area (Å²) in [6, 6.07) is 17.1. The van der Waals surface area contributed by atoms with Crippen molar-refractivity contribution in [3.63, 3.8) is 0 Å². The number of likely N-dealkylation sites (N-methyl/N-ethyl adjacent to an activating group) is 1. The number of sulfonamides is 2. The predicted octanol–water partition coefficient (Wildman–Crippen LogP) is 5.22. The standard InChI is InChI=1S/C36H49N3O8S2/c1-25-10-15-31(16-11-25)48(42,43)37-30-14-19-34-33(21-30)36(41)39(28(4)24-40)22-27(3)35(46-20-8-7-9-29(5)47-34)23-38(6)49(44,45)32-17-12-26(2)13-18-32/h10-19,21,27-29,35,37,40H,7-9,20,22-24H2,1-6H3/t27-,28+,29+,35+/m0/s1. The number of aryl methyl sites for hydroxylation is 2. The van der Waals surface area contributed by atoms with Crippen molar-refractivity contribution >= 4 is 31.6 Å². The summed E-state index contributed by atoms with van der Waals surface area (Å²) in [5.74, 6) is -0.529. The number of anilines is 1. The first-order chi connectivity index (χ1) is 23.1. The van der Waals surface area contributed by atoms with E-state index < -0.39 is 38.1 Å². The summed E-state index contributed by atoms with van der Waals surface area (Å²) in [5, 5.41) is 10.2. The van der Waals surface area contributed by atoms with Crippen LogP contribution in [0.25, 0.3) is 0 Å². The molecule has 0 bridgehead atoms. The number of aliphatic hydroxyl groups is 1. The van der Waals surface area contributed by atoms with E-state index in [1.165, 1.54) is 34.5 Å². The van der Waals surface area contributed by atoms with Gasteiger partial charge in [-0.15, -0.1) is 0 Å². The van der Waals surface area contributed by atoms with E-state index >= 15 is 0 Å². The summed E-state index contributed by atoms with van der Waals surface area (Å²) in [6.45, 7) is 9.49. The van der Waals surface area contributed by atoms with E-state index in [1.54, 1.807) is 55.5 Å². The van der Waals surface area contributed by atoms with Crippen molar-refractivity contribution in [2.75, 3.05) is 38.1 Å². The van der Waals surface area contributed by atoms with Gasteiger partial charge in [-0.1, -0.05) is 42.3 Å². The number of ether oxygens (including phenoxy) is 2. The van der Waals surface area contributed by atoms with Gasteiger partial charge in [0.2, 0.25) is 10.0 Å². The molecule has 0 unspecified atom stereocenters. The zero-order valence-corrected chi connectivity index (χ0v) is 30.8. The topological polar surface area (TPSA) is 143 Å². The second-order valence-corrected chi connectivity index (χ2v) is 16.8. The van der Waals surface area contributed by atoms with E-state index in [1.807, 2.05) is 27.7 Å². The minimum atomic E-state index is -3.96. The minimum absolute atomic E-state index is 0.0496. The Labute approximate surface area is 291 Å². The van der Waals surface area contributed by atoms with Gasteiger partial charge in [-0.25, -0.2) is 16.8 Å². The minimum Gasteiger partial charge on any atom is -0.490 e. The highest BCUT2D eigenvalue weighted by atomic mass is 32.2. The third-order valence-corrected chi connectivity index (χ3v) is 12.0. The zero-order valence-electron chi connectivity index (χ0n) is 29.1. The second kappa shape index (κ2) is 16.5. The molecule has 0 saturated heterocycles. The number of amides is 1. The molecule has 0 aliphatic carbocycles. The van der Waals surface area contributed by atoms with E-state index in [2.05, 4.69) is 4.72 Å². The van der Waals surface area contributed by atoms with Crippen molar-refractivity contribution in [1.29, 1.82) is 0 Å². The maximum atomic E-state index is 14.4. The van der Waals surface area contributed by atoms with Crippen molar-refractivity contribution < 1.29 is 36.2 Å². The lowest BCUT2D eigenvalue weighted by molar-refractivity contribution is -0.00833. The maximum Gasteiger partial charge on any atom is 0.261 e. The van der Waals surface area contributed by atoms with Gasteiger partial charge in [-0.3, -0.25) is 9.52 Å². The monoisotopic (exact) mass is 715 g/mol. The normalized spacial score (nSPS) is 20.6. The lowest BCUT2D eigenvalue weighted by Crippen LogP contribution is -2.48. The van der Waals surface area contributed by atoms with Crippen LogP contribution in [0.1, 0.15) is 61.5 Å². The van der Waals surface area contributed by atoms with Crippen LogP contribution in [-0.4, -0.2) is 88.7 Å². The Balaban J connectivity index is 1.67. The average molecular weight is 716 g/mol. The first-order valence-corrected chi connectivity index (χ1v) is 19.5. The number of hydrogen-bond acceptors (Lipinski definition) is 8. The van der Waals surface area contributed by atoms with Gasteiger partial charge in [0.25, 0.3) is 15.9 Å². The Kier molecular flexibility index (Phi) is 12.9. The van der Waals surface area contributed by atoms with Crippen LogP contribution in [0.3, 0.4) is 0 Å². The molecule has 2 N–H and O–H groups in total. The number of nitrogens with one attached hydrogen (secondary N) is 1. The Morgan fingerprint density at radius 3 is 2.16 bits per heavy atom. The molecule has 0 spiro atoms. The number of carbonyl (C=O) groups is 1. The molecule has 1 heterocycles. The number of carbonyl (C=O) groups excluding carboxylic acids is 1. The molecule has 4 rings (SSSR count). The summed E-state index contributed by atoms with van der Waals surface area (Å²) in [7, 11) is -6.25. The van der Waals surface area contributed by atoms with Gasteiger partial charge in [0.15, 0.2) is 0 Å². The Morgan fingerprint density at radius 1 is 0.939 bits per heavy atom. The van der Waals surface area contributed by atoms with Gasteiger partial charge < -0.3 is 19.5 Å². The van der Waals surface area contributed by atoms with Crippen LogP contribution in [-0.2, 0) is 24.8 Å². The van der Waals surface area contributed by atoms with Crippen LogP contribution in [0.5, 0.6) is 5.75 Å². The van der Waals surface area contributed by atoms with Crippen molar-refractivity contribution in [3.8, 4) is 5.75 Å². The fourth-order valence-corrected chi connectivity index (χ4v) is 7.85. The van der Waals surface area contributed by atoms with Gasteiger partial charge in [-0.2, -0.15) is 4.31 Å². The van der Waals surface area contributed by atoms with Crippen LogP contribution >= 0.6 is 0 Å². The van der Waals surface area contributed by atoms with Crippen LogP contribution in [0.2, 0.25) is 0 Å². The first-order valence-electron chi connectivity index (χ1n) is 16.6. The summed E-state index contributed by atoms with van der Waals surface area (Å²) >= 11 is 0. The van der Waals surface area contributed by atoms with Crippen molar-refractivity contribution in [3.05, 3.63) is 83.4 Å². The summed E-state index contributed by atoms with van der Waals surface area (Å²) < 4.78 is 69.8. The molecule has 1 aliphatic rings. The fourth-order valence-electron chi connectivity index (χ4n) is 5.62. The predicted molar refractivity (Wildman–Crippen MR) is 190 cm³/mol. The molecule has 11 nitrogen and oxygen atoms in total. The summed E-state index contributed by atoms with van der Waals surface area (Å²) in [4.78, 5) is 16.2. The van der Waals surface area contributed by atoms with Gasteiger partial charge >= 0.3 is 0 Å². The Hall–Kier alpha value is -3.49. The van der Waals surface area contributed by atoms with Gasteiger partial charge in [0, 0.05) is 38.3 Å². The number of nitrogens with zero attached hydrogens (tertiary/aromatic N) is 2. The number of benzene rings is 3. The van der Waals surface area contributed by atoms with Crippen LogP contribution in [0.4, 0.5) is 5.69 Å². The molecule has 13 heteroatoms. The molecule has 0 fully saturated rings. The fraction of sp³-hybridized carbons (Fsp3) is 0.472. The number of fused-ring (bicyclic) bond motifs is 1. The average Bonchev–Trinajstić information content (AvgIpc) is 3.06. The van der Waals surface area contributed by atoms with Crippen LogP contribution in [0.15, 0.2) is 76.5 Å². The molecular formula is C36H49N3O8S2. The molecule has 0 radical (unpaired) electrons. The number of aliphatic hydroxyl groups excluding tert-OH is 1. The van der Waals surface area contributed by atoms with E-state index in [4.69, 9.17) is 9.47 Å². The highest BCUT2D eigenvalue weighted by molar-refractivity contribution is 7.92. The quantitative estimate of drug-likeness (QED) is 0.307. The smallest absolute Gasteiger partial charge is 0.261 e. The number of hydrogen-bond donors (Lipinski definition) is 2. The van der Waals surface area contributed by atoms with Gasteiger partial charge in [0.1, 0.15) is 5.75 Å². The SMILES string of the molecule is Cc1ccc(S(=O)(=O)Nc2ccc3c(c2)C(=O)N([C@H](C)CO)C[C@H](C)[C@@H](CN(C)S(=O)(=O)c2ccc(C)cc2)OCCCC[C@@H](C)O3)cc1. The third kappa shape index (κ3) is 9.82. The van der Waals surface area contributed by atoms with E-state index in [0.717, 1.165) is 17.5 Å². The van der Waals surface area contributed by atoms with Crippen molar-refractivity contribution in [2.24, 2.45) is 5.92 Å². The Morgan fingerprint density at radius 2 is 1.55 bits per heavy atom. The molecular weight excluding hydrogens is 667 g/mol. The molecule has 1 amide bonds. The molecule has 0 saturated carbocycles. The zero-order chi connectivity index (χ0) is 35.9. The molecule has 0 aromatic heterocycles. The van der Waals surface area contributed by atoms with E-state index in [-0.39, 0.29) is 52.8 Å². The molecule has 3 aromatic carbocycles. The molecule has 268 valence electrons. The van der Waals surface area contributed by atoms with Crippen molar-refractivity contribution in [2.45, 2.75) is 81.9 Å². The van der Waals surface area contributed by atoms with Crippen LogP contribution in [0, 0.1) is 19.8 Å². The summed E-state index contributed by atoms with van der Waals surface area (Å²) in [6.07, 6.45) is 1.31. The van der Waals surface area contributed by atoms with Crippen molar-refractivity contribution in [1.82, 2.24) is 9.21 Å². The van der Waals surface area contributed by atoms with Crippen LogP contribution < -0.4 is 9.46 Å². The van der Waals surface area contributed by atoms with Gasteiger partial charge in [0.05, 0.1) is 40.2 Å². The maximum absolute atomic E-state index is 14.4. The van der Waals surface area contributed by atoms with Gasteiger partial charge in [-0.05, 0) is 89.4 Å². The third-order valence-electron chi connectivity index (χ3n) is 8.80. The highest BCUT2D eigenvalue weighted by Gasteiger charge is 2.32. The summed E-state index contributed by atoms with van der Waals surface area (Å²) in [5.41, 5.74) is 2.18. The lowest BCUT2D eigenvalue weighted by atomic mass is 10.0. The Bertz CT molecular complexity index is 1780. The lowest BCUT2D eigenvalue weighted by Gasteiger charge is -2.35. The molecule has 49 heavy (non-hydrogen) atoms. The first kappa shape index (κ1) is 38.3. The molecule has 1 aliphatic heterocycles. The second-order valence-electron chi connectivity index (χ2n) is 13.0. The highest BCUT2D eigenvalue weighted by Crippen LogP contribution is 2.30. The van der Waals surface area contributed by atoms with E-state index in [9.17, 15) is 26.7 Å². The van der Waals surface area contributed by atoms with E-state index in [0.29, 0.717) is 25.2 Å². The number of rotatable bonds is 9.